The smallest absolute Gasteiger partial charge is 0.258 e. The average Bonchev–Trinajstić information content (AvgIpc) is 3.23. The van der Waals surface area contributed by atoms with E-state index in [4.69, 9.17) is 0 Å². The zero-order valence-corrected chi connectivity index (χ0v) is 15.9. The summed E-state index contributed by atoms with van der Waals surface area (Å²) < 4.78 is 1.86. The molecule has 1 saturated heterocycles. The predicted molar refractivity (Wildman–Crippen MR) is 104 cm³/mol. The van der Waals surface area contributed by atoms with Gasteiger partial charge >= 0.3 is 0 Å². The molecule has 3 N–H and O–H groups in total. The molecule has 0 unspecified atom stereocenters. The summed E-state index contributed by atoms with van der Waals surface area (Å²) in [6.07, 6.45) is 7.44. The van der Waals surface area contributed by atoms with Crippen molar-refractivity contribution in [1.82, 2.24) is 15.2 Å². The van der Waals surface area contributed by atoms with Gasteiger partial charge in [-0.3, -0.25) is 14.9 Å². The second-order valence-electron chi connectivity index (χ2n) is 7.99. The Bertz CT molecular complexity index is 813. The molecule has 6 heteroatoms. The summed E-state index contributed by atoms with van der Waals surface area (Å²) in [5, 5.41) is 16.3. The van der Waals surface area contributed by atoms with Crippen LogP contribution in [0.3, 0.4) is 0 Å². The summed E-state index contributed by atoms with van der Waals surface area (Å²) >= 11 is 0. The van der Waals surface area contributed by atoms with Crippen LogP contribution in [0.4, 0.5) is 0 Å². The number of aliphatic hydroxyl groups excluding tert-OH is 1. The van der Waals surface area contributed by atoms with Crippen LogP contribution in [-0.4, -0.2) is 34.8 Å². The number of aromatic nitrogens is 1. The van der Waals surface area contributed by atoms with Gasteiger partial charge in [0.25, 0.3) is 5.56 Å². The highest BCUT2D eigenvalue weighted by Crippen LogP contribution is 2.42. The van der Waals surface area contributed by atoms with E-state index in [1.165, 1.54) is 12.0 Å². The summed E-state index contributed by atoms with van der Waals surface area (Å²) in [5.41, 5.74) is 2.99. The first kappa shape index (κ1) is 18.4. The van der Waals surface area contributed by atoms with Crippen LogP contribution in [0.15, 0.2) is 23.0 Å². The third kappa shape index (κ3) is 3.15. The number of carbonyl (C=O) groups is 1. The minimum atomic E-state index is -0.402. The van der Waals surface area contributed by atoms with Gasteiger partial charge in [0.15, 0.2) is 0 Å². The number of nitrogens with one attached hydrogen (secondary N) is 2. The average molecular weight is 371 g/mol. The topological polar surface area (TPSA) is 83.4 Å². The Morgan fingerprint density at radius 3 is 2.93 bits per heavy atom. The molecule has 2 aliphatic heterocycles. The van der Waals surface area contributed by atoms with Crippen molar-refractivity contribution in [1.29, 1.82) is 0 Å². The first-order valence-electron chi connectivity index (χ1n) is 10.2. The van der Waals surface area contributed by atoms with Gasteiger partial charge in [-0.05, 0) is 49.8 Å². The lowest BCUT2D eigenvalue weighted by Crippen LogP contribution is -2.46. The predicted octanol–water partition coefficient (Wildman–Crippen LogP) is 1.58. The van der Waals surface area contributed by atoms with Gasteiger partial charge in [0.1, 0.15) is 0 Å². The van der Waals surface area contributed by atoms with Gasteiger partial charge in [0.2, 0.25) is 5.91 Å². The maximum Gasteiger partial charge on any atom is 0.258 e. The van der Waals surface area contributed by atoms with Gasteiger partial charge < -0.3 is 15.0 Å². The maximum absolute atomic E-state index is 13.1. The van der Waals surface area contributed by atoms with Crippen LogP contribution in [0, 0.1) is 11.8 Å². The van der Waals surface area contributed by atoms with E-state index in [0.29, 0.717) is 13.1 Å². The maximum atomic E-state index is 13.1. The third-order valence-corrected chi connectivity index (χ3v) is 6.36. The van der Waals surface area contributed by atoms with Gasteiger partial charge in [-0.15, -0.1) is 0 Å². The van der Waals surface area contributed by atoms with Gasteiger partial charge in [-0.2, -0.15) is 0 Å². The van der Waals surface area contributed by atoms with Crippen molar-refractivity contribution in [3.8, 4) is 0 Å². The molecule has 27 heavy (non-hydrogen) atoms. The molecular weight excluding hydrogens is 342 g/mol. The van der Waals surface area contributed by atoms with Crippen molar-refractivity contribution in [3.63, 3.8) is 0 Å². The molecule has 3 heterocycles. The number of fused-ring (bicyclic) bond motifs is 3. The molecule has 0 bridgehead atoms. The molecule has 0 radical (unpaired) electrons. The van der Waals surface area contributed by atoms with E-state index in [-0.39, 0.29) is 36.0 Å². The van der Waals surface area contributed by atoms with Crippen molar-refractivity contribution in [2.75, 3.05) is 13.2 Å². The van der Waals surface area contributed by atoms with E-state index >= 15 is 0 Å². The van der Waals surface area contributed by atoms with Crippen LogP contribution in [0.25, 0.3) is 5.57 Å². The van der Waals surface area contributed by atoms with Crippen molar-refractivity contribution in [2.24, 2.45) is 11.8 Å². The Morgan fingerprint density at radius 2 is 2.22 bits per heavy atom. The molecule has 0 aromatic carbocycles. The number of pyridine rings is 1. The second kappa shape index (κ2) is 7.60. The molecule has 1 aliphatic carbocycles. The first-order valence-corrected chi connectivity index (χ1v) is 10.2. The van der Waals surface area contributed by atoms with Crippen molar-refractivity contribution >= 4 is 11.5 Å². The highest BCUT2D eigenvalue weighted by molar-refractivity contribution is 5.82. The summed E-state index contributed by atoms with van der Waals surface area (Å²) in [6.45, 7) is 3.16. The lowest BCUT2D eigenvalue weighted by molar-refractivity contribution is -0.124. The van der Waals surface area contributed by atoms with Crippen LogP contribution < -0.4 is 16.2 Å². The quantitative estimate of drug-likeness (QED) is 0.734. The van der Waals surface area contributed by atoms with Crippen LogP contribution >= 0.6 is 0 Å². The van der Waals surface area contributed by atoms with E-state index in [1.54, 1.807) is 0 Å². The van der Waals surface area contributed by atoms with E-state index < -0.39 is 6.04 Å². The number of nitrogens with zero attached hydrogens (tertiary/aromatic N) is 1. The number of carbonyl (C=O) groups excluding carboxylic acids is 1. The first-order chi connectivity index (χ1) is 13.2. The fraction of sp³-hybridized carbons (Fsp3) is 0.619. The molecule has 1 aromatic heterocycles. The SMILES string of the molecule is CCCNC(=O)[C@@H]1N[C@@H]2c3ccc(C4=CCCCC4)c(=O)n3C[C@@H]2[C@H]1CO. The van der Waals surface area contributed by atoms with Gasteiger partial charge in [0.05, 0.1) is 12.1 Å². The van der Waals surface area contributed by atoms with Crippen LogP contribution in [0.2, 0.25) is 0 Å². The summed E-state index contributed by atoms with van der Waals surface area (Å²) in [7, 11) is 0. The Kier molecular flexibility index (Phi) is 5.19. The minimum Gasteiger partial charge on any atom is -0.396 e. The molecule has 1 fully saturated rings. The molecule has 146 valence electrons. The van der Waals surface area contributed by atoms with Crippen molar-refractivity contribution in [2.45, 2.75) is 57.7 Å². The Morgan fingerprint density at radius 1 is 1.37 bits per heavy atom. The van der Waals surface area contributed by atoms with Crippen molar-refractivity contribution < 1.29 is 9.90 Å². The van der Waals surface area contributed by atoms with E-state index in [9.17, 15) is 14.7 Å². The zero-order valence-electron chi connectivity index (χ0n) is 15.9. The molecule has 4 rings (SSSR count). The second-order valence-corrected chi connectivity index (χ2v) is 7.99. The fourth-order valence-electron chi connectivity index (χ4n) is 4.94. The van der Waals surface area contributed by atoms with E-state index in [0.717, 1.165) is 36.9 Å². The van der Waals surface area contributed by atoms with E-state index in [1.807, 2.05) is 23.6 Å². The lowest BCUT2D eigenvalue weighted by Gasteiger charge is -2.21. The number of hydrogen-bond acceptors (Lipinski definition) is 4. The molecule has 1 aromatic rings. The Hall–Kier alpha value is -1.92. The standard InChI is InChI=1S/C21H29N3O3/c1-2-10-22-20(26)19-16(12-25)15-11-24-17(18(15)23-19)9-8-14(21(24)27)13-6-4-3-5-7-13/h6,8-9,15-16,18-19,23,25H,2-5,7,10-12H2,1H3,(H,22,26)/t15-,16-,18+,19-/m1/s1. The van der Waals surface area contributed by atoms with E-state index in [2.05, 4.69) is 16.7 Å². The number of amides is 1. The zero-order chi connectivity index (χ0) is 19.0. The van der Waals surface area contributed by atoms with Gasteiger partial charge in [-0.1, -0.05) is 13.0 Å². The number of aliphatic hydroxyl groups is 1. The number of rotatable bonds is 5. The van der Waals surface area contributed by atoms with Gasteiger partial charge in [0, 0.05) is 42.8 Å². The highest BCUT2D eigenvalue weighted by Gasteiger charge is 2.50. The van der Waals surface area contributed by atoms with Crippen LogP contribution in [0.1, 0.15) is 56.3 Å². The van der Waals surface area contributed by atoms with Crippen molar-refractivity contribution in [3.05, 3.63) is 39.8 Å². The molecule has 0 spiro atoms. The normalized spacial score (nSPS) is 29.2. The van der Waals surface area contributed by atoms with Gasteiger partial charge in [-0.25, -0.2) is 0 Å². The molecular formula is C21H29N3O3. The molecule has 4 atom stereocenters. The van der Waals surface area contributed by atoms with Crippen LogP contribution in [-0.2, 0) is 11.3 Å². The summed E-state index contributed by atoms with van der Waals surface area (Å²) in [4.78, 5) is 25.6. The molecule has 1 amide bonds. The molecule has 6 nitrogen and oxygen atoms in total. The molecule has 0 saturated carbocycles. The van der Waals surface area contributed by atoms with Crippen LogP contribution in [0.5, 0.6) is 0 Å². The lowest BCUT2D eigenvalue weighted by atomic mass is 9.88. The highest BCUT2D eigenvalue weighted by atomic mass is 16.3. The minimum absolute atomic E-state index is 0.0526. The Labute approximate surface area is 159 Å². The molecule has 3 aliphatic rings. The third-order valence-electron chi connectivity index (χ3n) is 6.36. The number of hydrogen-bond donors (Lipinski definition) is 3. The monoisotopic (exact) mass is 371 g/mol. The summed E-state index contributed by atoms with van der Waals surface area (Å²) in [6, 6.07) is 3.53. The summed E-state index contributed by atoms with van der Waals surface area (Å²) in [5.74, 6) is -0.164. The largest absolute Gasteiger partial charge is 0.396 e. The number of allylic oxidation sites excluding steroid dienone is 2. The fourth-order valence-corrected chi connectivity index (χ4v) is 4.94. The Balaban J connectivity index is 1.61.